The first-order valence-corrected chi connectivity index (χ1v) is 10.1. The molecule has 1 atom stereocenters. The summed E-state index contributed by atoms with van der Waals surface area (Å²) in [7, 11) is 0. The number of nitrogens with one attached hydrogen (secondary N) is 1. The number of hydrogen-bond acceptors (Lipinski definition) is 6. The van der Waals surface area contributed by atoms with E-state index in [1.54, 1.807) is 0 Å². The predicted octanol–water partition coefficient (Wildman–Crippen LogP) is 1.16. The van der Waals surface area contributed by atoms with E-state index in [1.807, 2.05) is 32.6 Å². The number of rotatable bonds is 4. The highest BCUT2D eigenvalue weighted by Crippen LogP contribution is 2.20. The van der Waals surface area contributed by atoms with Crippen molar-refractivity contribution in [3.05, 3.63) is 11.7 Å². The zero-order valence-electron chi connectivity index (χ0n) is 17.4. The summed E-state index contributed by atoms with van der Waals surface area (Å²) in [5.74, 6) is 2.13. The molecule has 0 spiro atoms. The van der Waals surface area contributed by atoms with Crippen LogP contribution < -0.4 is 5.32 Å². The van der Waals surface area contributed by atoms with Gasteiger partial charge in [0.05, 0.1) is 0 Å². The summed E-state index contributed by atoms with van der Waals surface area (Å²) in [6.45, 7) is 12.8. The molecule has 1 unspecified atom stereocenters. The summed E-state index contributed by atoms with van der Waals surface area (Å²) in [5.41, 5.74) is -0.175. The van der Waals surface area contributed by atoms with E-state index in [4.69, 9.17) is 9.26 Å². The molecule has 9 nitrogen and oxygen atoms in total. The lowest BCUT2D eigenvalue weighted by molar-refractivity contribution is -0.142. The topological polar surface area (TPSA) is 96.1 Å². The van der Waals surface area contributed by atoms with Crippen LogP contribution in [0.25, 0.3) is 0 Å². The molecule has 1 N–H and O–H groups in total. The quantitative estimate of drug-likeness (QED) is 0.607. The van der Waals surface area contributed by atoms with Gasteiger partial charge in [-0.05, 0) is 19.8 Å². The Morgan fingerprint density at radius 2 is 1.96 bits per heavy atom. The smallest absolute Gasteiger partial charge is 0.251 e. The number of piperazine rings is 1. The third-order valence-corrected chi connectivity index (χ3v) is 4.91. The van der Waals surface area contributed by atoms with Crippen molar-refractivity contribution in [2.45, 2.75) is 58.6 Å². The number of amides is 1. The zero-order valence-corrected chi connectivity index (χ0v) is 17.4. The molecule has 2 saturated heterocycles. The zero-order chi connectivity index (χ0) is 20.1. The van der Waals surface area contributed by atoms with Gasteiger partial charge in [0.1, 0.15) is 12.6 Å². The fraction of sp³-hybridized carbons (Fsp3) is 0.789. The van der Waals surface area contributed by atoms with Crippen molar-refractivity contribution < 1.29 is 14.1 Å². The highest BCUT2D eigenvalue weighted by Gasteiger charge is 2.31. The second-order valence-electron chi connectivity index (χ2n) is 8.25. The first-order valence-electron chi connectivity index (χ1n) is 10.1. The lowest BCUT2D eigenvalue weighted by Crippen LogP contribution is -2.55. The van der Waals surface area contributed by atoms with Gasteiger partial charge in [-0.1, -0.05) is 25.9 Å². The maximum absolute atomic E-state index is 12.5. The summed E-state index contributed by atoms with van der Waals surface area (Å²) in [6.07, 6.45) is 1.56. The van der Waals surface area contributed by atoms with E-state index in [9.17, 15) is 4.79 Å². The first kappa shape index (κ1) is 20.6. The lowest BCUT2D eigenvalue weighted by Gasteiger charge is -2.37. The van der Waals surface area contributed by atoms with Crippen molar-refractivity contribution in [1.82, 2.24) is 25.3 Å². The Morgan fingerprint density at radius 1 is 1.25 bits per heavy atom. The standard InChI is InChI=1S/C19H32N6O3/c1-5-20-18(21-13-15-22-17(28-23-15)19(2,3)4)25-10-8-24(9-11-25)16(26)14-7-6-12-27-14/h14H,5-13H2,1-4H3,(H,20,21). The van der Waals surface area contributed by atoms with Crippen molar-refractivity contribution in [1.29, 1.82) is 0 Å². The number of nitrogens with zero attached hydrogens (tertiary/aromatic N) is 5. The van der Waals surface area contributed by atoms with Gasteiger partial charge in [0.15, 0.2) is 11.8 Å². The van der Waals surface area contributed by atoms with Gasteiger partial charge >= 0.3 is 0 Å². The molecule has 3 heterocycles. The molecule has 0 bridgehead atoms. The van der Waals surface area contributed by atoms with Gasteiger partial charge in [0.25, 0.3) is 5.91 Å². The molecule has 0 saturated carbocycles. The van der Waals surface area contributed by atoms with Crippen LogP contribution in [0.4, 0.5) is 0 Å². The average Bonchev–Trinajstić information content (AvgIpc) is 3.36. The van der Waals surface area contributed by atoms with Crippen LogP contribution in [0.2, 0.25) is 0 Å². The fourth-order valence-corrected chi connectivity index (χ4v) is 3.31. The molecule has 3 rings (SSSR count). The SMILES string of the molecule is CCNC(=NCc1noc(C(C)(C)C)n1)N1CCN(C(=O)C2CCCO2)CC1. The number of aromatic nitrogens is 2. The maximum Gasteiger partial charge on any atom is 0.251 e. The molecule has 1 aromatic rings. The summed E-state index contributed by atoms with van der Waals surface area (Å²) >= 11 is 0. The van der Waals surface area contributed by atoms with Crippen LogP contribution in [0.15, 0.2) is 9.52 Å². The van der Waals surface area contributed by atoms with E-state index in [0.717, 1.165) is 38.4 Å². The second-order valence-corrected chi connectivity index (χ2v) is 8.25. The van der Waals surface area contributed by atoms with Crippen molar-refractivity contribution in [2.24, 2.45) is 4.99 Å². The van der Waals surface area contributed by atoms with E-state index in [1.165, 1.54) is 0 Å². The lowest BCUT2D eigenvalue weighted by atomic mass is 9.97. The summed E-state index contributed by atoms with van der Waals surface area (Å²) < 4.78 is 10.9. The second kappa shape index (κ2) is 8.89. The van der Waals surface area contributed by atoms with Gasteiger partial charge in [-0.15, -0.1) is 0 Å². The molecule has 1 aromatic heterocycles. The van der Waals surface area contributed by atoms with E-state index in [0.29, 0.717) is 38.0 Å². The minimum atomic E-state index is -0.247. The summed E-state index contributed by atoms with van der Waals surface area (Å²) in [4.78, 5) is 25.7. The molecule has 0 aromatic carbocycles. The Morgan fingerprint density at radius 3 is 2.54 bits per heavy atom. The largest absolute Gasteiger partial charge is 0.368 e. The van der Waals surface area contributed by atoms with Gasteiger partial charge in [0.2, 0.25) is 5.89 Å². The minimum Gasteiger partial charge on any atom is -0.368 e. The molecule has 0 radical (unpaired) electrons. The Labute approximate surface area is 166 Å². The molecule has 0 aliphatic carbocycles. The molecule has 2 fully saturated rings. The molecule has 28 heavy (non-hydrogen) atoms. The van der Waals surface area contributed by atoms with Gasteiger partial charge in [0, 0.05) is 44.7 Å². The normalized spacial score (nSPS) is 21.3. The van der Waals surface area contributed by atoms with Crippen molar-refractivity contribution in [2.75, 3.05) is 39.3 Å². The van der Waals surface area contributed by atoms with E-state index < -0.39 is 0 Å². The Bertz CT molecular complexity index is 682. The summed E-state index contributed by atoms with van der Waals surface area (Å²) in [5, 5.41) is 7.35. The minimum absolute atomic E-state index is 0.126. The van der Waals surface area contributed by atoms with Crippen molar-refractivity contribution >= 4 is 11.9 Å². The van der Waals surface area contributed by atoms with Gasteiger partial charge in [-0.3, -0.25) is 4.79 Å². The summed E-state index contributed by atoms with van der Waals surface area (Å²) in [6, 6.07) is 0. The monoisotopic (exact) mass is 392 g/mol. The Balaban J connectivity index is 1.57. The van der Waals surface area contributed by atoms with Gasteiger partial charge < -0.3 is 24.4 Å². The van der Waals surface area contributed by atoms with E-state index in [-0.39, 0.29) is 17.4 Å². The van der Waals surface area contributed by atoms with Crippen LogP contribution >= 0.6 is 0 Å². The fourth-order valence-electron chi connectivity index (χ4n) is 3.31. The number of guanidine groups is 1. The highest BCUT2D eigenvalue weighted by atomic mass is 16.5. The third-order valence-electron chi connectivity index (χ3n) is 4.91. The van der Waals surface area contributed by atoms with E-state index >= 15 is 0 Å². The molecule has 9 heteroatoms. The number of hydrogen-bond donors (Lipinski definition) is 1. The number of ether oxygens (including phenoxy) is 1. The van der Waals surface area contributed by atoms with Gasteiger partial charge in [-0.2, -0.15) is 4.98 Å². The van der Waals surface area contributed by atoms with Crippen LogP contribution in [-0.4, -0.2) is 77.2 Å². The third kappa shape index (κ3) is 5.01. The van der Waals surface area contributed by atoms with Crippen molar-refractivity contribution in [3.8, 4) is 0 Å². The molecule has 2 aliphatic heterocycles. The van der Waals surface area contributed by atoms with Crippen LogP contribution in [-0.2, 0) is 21.5 Å². The van der Waals surface area contributed by atoms with Crippen LogP contribution in [0.1, 0.15) is 52.3 Å². The van der Waals surface area contributed by atoms with Gasteiger partial charge in [-0.25, -0.2) is 4.99 Å². The molecule has 1 amide bonds. The molecular weight excluding hydrogens is 360 g/mol. The molecule has 2 aliphatic rings. The average molecular weight is 393 g/mol. The number of carbonyl (C=O) groups excluding carboxylic acids is 1. The maximum atomic E-state index is 12.5. The molecule has 156 valence electrons. The Hall–Kier alpha value is -2.16. The number of carbonyl (C=O) groups is 1. The van der Waals surface area contributed by atoms with E-state index in [2.05, 4.69) is 25.3 Å². The predicted molar refractivity (Wildman–Crippen MR) is 105 cm³/mol. The highest BCUT2D eigenvalue weighted by molar-refractivity contribution is 5.82. The first-order chi connectivity index (χ1) is 13.4. The molecular formula is C19H32N6O3. The number of aliphatic imine (C=N–C) groups is 1. The van der Waals surface area contributed by atoms with Crippen LogP contribution in [0.5, 0.6) is 0 Å². The van der Waals surface area contributed by atoms with Crippen LogP contribution in [0.3, 0.4) is 0 Å². The van der Waals surface area contributed by atoms with Crippen molar-refractivity contribution in [3.63, 3.8) is 0 Å². The van der Waals surface area contributed by atoms with Crippen LogP contribution in [0, 0.1) is 0 Å². The Kier molecular flexibility index (Phi) is 6.53.